The fourth-order valence-corrected chi connectivity index (χ4v) is 1.65. The van der Waals surface area contributed by atoms with E-state index in [0.717, 1.165) is 11.3 Å². The lowest BCUT2D eigenvalue weighted by atomic mass is 10.2. The molecule has 0 saturated heterocycles. The van der Waals surface area contributed by atoms with Crippen LogP contribution in [-0.4, -0.2) is 22.0 Å². The molecule has 20 heavy (non-hydrogen) atoms. The molecule has 0 radical (unpaired) electrons. The first kappa shape index (κ1) is 14.0. The lowest BCUT2D eigenvalue weighted by Gasteiger charge is -2.10. The van der Waals surface area contributed by atoms with Gasteiger partial charge in [-0.2, -0.15) is 0 Å². The van der Waals surface area contributed by atoms with Gasteiger partial charge in [-0.05, 0) is 31.5 Å². The number of carbonyl (C=O) groups is 1. The molecule has 1 heterocycles. The van der Waals surface area contributed by atoms with E-state index in [2.05, 4.69) is 15.3 Å². The molecule has 0 aliphatic rings. The van der Waals surface area contributed by atoms with Gasteiger partial charge in [0.15, 0.2) is 0 Å². The van der Waals surface area contributed by atoms with Gasteiger partial charge in [-0.1, -0.05) is 12.1 Å². The zero-order valence-electron chi connectivity index (χ0n) is 11.5. The van der Waals surface area contributed by atoms with Crippen LogP contribution in [0.15, 0.2) is 42.9 Å². The molecule has 1 aromatic heterocycles. The second-order valence-corrected chi connectivity index (χ2v) is 4.58. The Morgan fingerprint density at radius 2 is 2.00 bits per heavy atom. The fourth-order valence-electron chi connectivity index (χ4n) is 1.65. The van der Waals surface area contributed by atoms with Crippen molar-refractivity contribution in [2.24, 2.45) is 0 Å². The molecule has 1 amide bonds. The maximum atomic E-state index is 11.8. The Kier molecular flexibility index (Phi) is 4.65. The van der Waals surface area contributed by atoms with Gasteiger partial charge in [-0.3, -0.25) is 9.78 Å². The lowest BCUT2D eigenvalue weighted by Crippen LogP contribution is -2.23. The van der Waals surface area contributed by atoms with E-state index in [1.165, 1.54) is 18.6 Å². The number of benzene rings is 1. The monoisotopic (exact) mass is 271 g/mol. The summed E-state index contributed by atoms with van der Waals surface area (Å²) in [6, 6.07) is 7.64. The summed E-state index contributed by atoms with van der Waals surface area (Å²) in [5.74, 6) is 0.588. The Bertz CT molecular complexity index is 553. The molecule has 0 unspecified atom stereocenters. The SMILES string of the molecule is CC(C)Oc1ccc(CNC(=O)c2cnccn2)cc1. The van der Waals surface area contributed by atoms with Crippen LogP contribution in [0.2, 0.25) is 0 Å². The van der Waals surface area contributed by atoms with Gasteiger partial charge < -0.3 is 10.1 Å². The van der Waals surface area contributed by atoms with E-state index >= 15 is 0 Å². The molecule has 2 aromatic rings. The van der Waals surface area contributed by atoms with Crippen molar-refractivity contribution in [2.75, 3.05) is 0 Å². The molecule has 0 aliphatic heterocycles. The van der Waals surface area contributed by atoms with Crippen LogP contribution in [0.1, 0.15) is 29.9 Å². The first-order valence-electron chi connectivity index (χ1n) is 6.45. The Balaban J connectivity index is 1.89. The Morgan fingerprint density at radius 1 is 1.25 bits per heavy atom. The highest BCUT2D eigenvalue weighted by atomic mass is 16.5. The molecule has 0 atom stereocenters. The zero-order chi connectivity index (χ0) is 14.4. The van der Waals surface area contributed by atoms with Gasteiger partial charge in [0.25, 0.3) is 5.91 Å². The molecule has 104 valence electrons. The molecular formula is C15H17N3O2. The Labute approximate surface area is 118 Å². The van der Waals surface area contributed by atoms with Crippen LogP contribution in [-0.2, 0) is 6.54 Å². The standard InChI is InChI=1S/C15H17N3O2/c1-11(2)20-13-5-3-12(4-6-13)9-18-15(19)14-10-16-7-8-17-14/h3-8,10-11H,9H2,1-2H3,(H,18,19). The zero-order valence-corrected chi connectivity index (χ0v) is 11.5. The molecule has 2 rings (SSSR count). The molecule has 0 spiro atoms. The number of ether oxygens (including phenoxy) is 1. The summed E-state index contributed by atoms with van der Waals surface area (Å²) >= 11 is 0. The predicted octanol–water partition coefficient (Wildman–Crippen LogP) is 2.19. The average Bonchev–Trinajstić information content (AvgIpc) is 2.46. The van der Waals surface area contributed by atoms with Crippen molar-refractivity contribution in [2.45, 2.75) is 26.5 Å². The molecule has 0 bridgehead atoms. The molecular weight excluding hydrogens is 254 g/mol. The van der Waals surface area contributed by atoms with Crippen LogP contribution < -0.4 is 10.1 Å². The molecule has 0 aliphatic carbocycles. The van der Waals surface area contributed by atoms with Crippen molar-refractivity contribution < 1.29 is 9.53 Å². The van der Waals surface area contributed by atoms with E-state index in [1.54, 1.807) is 0 Å². The van der Waals surface area contributed by atoms with Crippen LogP contribution in [0.25, 0.3) is 0 Å². The molecule has 5 nitrogen and oxygen atoms in total. The van der Waals surface area contributed by atoms with Gasteiger partial charge in [-0.25, -0.2) is 4.98 Å². The molecule has 1 aromatic carbocycles. The largest absolute Gasteiger partial charge is 0.491 e. The first-order chi connectivity index (χ1) is 9.65. The second-order valence-electron chi connectivity index (χ2n) is 4.58. The van der Waals surface area contributed by atoms with E-state index in [-0.39, 0.29) is 12.0 Å². The highest BCUT2D eigenvalue weighted by molar-refractivity contribution is 5.91. The van der Waals surface area contributed by atoms with E-state index in [1.807, 2.05) is 38.1 Å². The van der Waals surface area contributed by atoms with E-state index in [0.29, 0.717) is 12.2 Å². The summed E-state index contributed by atoms with van der Waals surface area (Å²) in [5.41, 5.74) is 1.31. The van der Waals surface area contributed by atoms with Gasteiger partial charge in [0.05, 0.1) is 12.3 Å². The van der Waals surface area contributed by atoms with Gasteiger partial charge in [0.1, 0.15) is 11.4 Å². The van der Waals surface area contributed by atoms with Crippen LogP contribution >= 0.6 is 0 Å². The average molecular weight is 271 g/mol. The first-order valence-corrected chi connectivity index (χ1v) is 6.45. The summed E-state index contributed by atoms with van der Waals surface area (Å²) in [7, 11) is 0. The van der Waals surface area contributed by atoms with Gasteiger partial charge in [-0.15, -0.1) is 0 Å². The molecule has 0 fully saturated rings. The molecule has 5 heteroatoms. The van der Waals surface area contributed by atoms with Crippen LogP contribution in [0.4, 0.5) is 0 Å². The minimum atomic E-state index is -0.236. The smallest absolute Gasteiger partial charge is 0.271 e. The Morgan fingerprint density at radius 3 is 2.60 bits per heavy atom. The van der Waals surface area contributed by atoms with Gasteiger partial charge in [0.2, 0.25) is 0 Å². The predicted molar refractivity (Wildman–Crippen MR) is 75.4 cm³/mol. The number of nitrogens with zero attached hydrogens (tertiary/aromatic N) is 2. The van der Waals surface area contributed by atoms with Crippen LogP contribution in [0.3, 0.4) is 0 Å². The Hall–Kier alpha value is -2.43. The van der Waals surface area contributed by atoms with Crippen molar-refractivity contribution in [1.82, 2.24) is 15.3 Å². The number of nitrogens with one attached hydrogen (secondary N) is 1. The van der Waals surface area contributed by atoms with Crippen LogP contribution in [0, 0.1) is 0 Å². The summed E-state index contributed by atoms with van der Waals surface area (Å²) in [6.07, 6.45) is 4.61. The van der Waals surface area contributed by atoms with Gasteiger partial charge >= 0.3 is 0 Å². The van der Waals surface area contributed by atoms with Gasteiger partial charge in [0, 0.05) is 18.9 Å². The number of aromatic nitrogens is 2. The van der Waals surface area contributed by atoms with E-state index in [9.17, 15) is 4.79 Å². The minimum Gasteiger partial charge on any atom is -0.491 e. The van der Waals surface area contributed by atoms with Crippen molar-refractivity contribution in [3.8, 4) is 5.75 Å². The minimum absolute atomic E-state index is 0.150. The number of hydrogen-bond acceptors (Lipinski definition) is 4. The number of rotatable bonds is 5. The third kappa shape index (κ3) is 4.05. The normalized spacial score (nSPS) is 10.3. The topological polar surface area (TPSA) is 64.1 Å². The number of carbonyl (C=O) groups excluding carboxylic acids is 1. The lowest BCUT2D eigenvalue weighted by molar-refractivity contribution is 0.0945. The summed E-state index contributed by atoms with van der Waals surface area (Å²) in [5, 5.41) is 2.79. The third-order valence-electron chi connectivity index (χ3n) is 2.54. The van der Waals surface area contributed by atoms with Crippen molar-refractivity contribution >= 4 is 5.91 Å². The van der Waals surface area contributed by atoms with Crippen LogP contribution in [0.5, 0.6) is 5.75 Å². The molecule has 1 N–H and O–H groups in total. The fraction of sp³-hybridized carbons (Fsp3) is 0.267. The van der Waals surface area contributed by atoms with E-state index < -0.39 is 0 Å². The quantitative estimate of drug-likeness (QED) is 0.905. The number of hydrogen-bond donors (Lipinski definition) is 1. The van der Waals surface area contributed by atoms with E-state index in [4.69, 9.17) is 4.74 Å². The highest BCUT2D eigenvalue weighted by Crippen LogP contribution is 2.13. The summed E-state index contributed by atoms with van der Waals surface area (Å²) in [6.45, 7) is 4.40. The second kappa shape index (κ2) is 6.65. The van der Waals surface area contributed by atoms with Crippen molar-refractivity contribution in [3.05, 3.63) is 54.1 Å². The summed E-state index contributed by atoms with van der Waals surface area (Å²) < 4.78 is 5.56. The summed E-state index contributed by atoms with van der Waals surface area (Å²) in [4.78, 5) is 19.6. The van der Waals surface area contributed by atoms with Crippen molar-refractivity contribution in [3.63, 3.8) is 0 Å². The third-order valence-corrected chi connectivity index (χ3v) is 2.54. The van der Waals surface area contributed by atoms with Crippen molar-refractivity contribution in [1.29, 1.82) is 0 Å². The number of amides is 1. The maximum absolute atomic E-state index is 11.8. The maximum Gasteiger partial charge on any atom is 0.271 e. The molecule has 0 saturated carbocycles. The highest BCUT2D eigenvalue weighted by Gasteiger charge is 2.06.